The van der Waals surface area contributed by atoms with E-state index in [9.17, 15) is 8.42 Å². The first-order valence-electron chi connectivity index (χ1n) is 5.40. The Morgan fingerprint density at radius 3 is 2.38 bits per heavy atom. The molecule has 0 bridgehead atoms. The van der Waals surface area contributed by atoms with Crippen LogP contribution in [0.25, 0.3) is 0 Å². The van der Waals surface area contributed by atoms with Crippen LogP contribution >= 0.6 is 0 Å². The molecule has 1 rings (SSSR count). The minimum atomic E-state index is -3.21. The lowest BCUT2D eigenvalue weighted by Crippen LogP contribution is -2.16. The second-order valence-electron chi connectivity index (χ2n) is 3.64. The number of rotatable bonds is 7. The van der Waals surface area contributed by atoms with Gasteiger partial charge >= 0.3 is 0 Å². The largest absolute Gasteiger partial charge is 0.330 e. The van der Waals surface area contributed by atoms with Gasteiger partial charge in [-0.15, -0.1) is 0 Å². The second kappa shape index (κ2) is 6.50. The molecule has 0 heterocycles. The van der Waals surface area contributed by atoms with Gasteiger partial charge in [-0.3, -0.25) is 4.72 Å². The molecule has 0 amide bonds. The summed E-state index contributed by atoms with van der Waals surface area (Å²) in [5.74, 6) is 0.155. The molecule has 0 radical (unpaired) electrons. The Morgan fingerprint density at radius 1 is 1.06 bits per heavy atom. The van der Waals surface area contributed by atoms with E-state index in [2.05, 4.69) is 4.72 Å². The van der Waals surface area contributed by atoms with Gasteiger partial charge in [-0.1, -0.05) is 24.6 Å². The zero-order valence-corrected chi connectivity index (χ0v) is 10.0. The van der Waals surface area contributed by atoms with E-state index < -0.39 is 10.0 Å². The van der Waals surface area contributed by atoms with Crippen LogP contribution in [0.15, 0.2) is 30.3 Å². The quantitative estimate of drug-likeness (QED) is 0.713. The van der Waals surface area contributed by atoms with E-state index in [0.717, 1.165) is 12.8 Å². The Balaban J connectivity index is 2.40. The number of nitrogens with two attached hydrogens (primary N) is 1. The summed E-state index contributed by atoms with van der Waals surface area (Å²) in [7, 11) is -3.21. The molecule has 3 N–H and O–H groups in total. The van der Waals surface area contributed by atoms with Crippen molar-refractivity contribution in [1.82, 2.24) is 0 Å². The monoisotopic (exact) mass is 242 g/mol. The molecule has 0 aliphatic heterocycles. The maximum absolute atomic E-state index is 11.6. The first-order chi connectivity index (χ1) is 7.64. The summed E-state index contributed by atoms with van der Waals surface area (Å²) in [6, 6.07) is 8.91. The summed E-state index contributed by atoms with van der Waals surface area (Å²) in [4.78, 5) is 0. The highest BCUT2D eigenvalue weighted by Gasteiger charge is 2.09. The first-order valence-corrected chi connectivity index (χ1v) is 7.05. The number of hydrogen-bond acceptors (Lipinski definition) is 3. The van der Waals surface area contributed by atoms with E-state index in [-0.39, 0.29) is 5.75 Å². The second-order valence-corrected chi connectivity index (χ2v) is 5.48. The summed E-state index contributed by atoms with van der Waals surface area (Å²) in [6.07, 6.45) is 2.38. The van der Waals surface area contributed by atoms with Crippen LogP contribution in [-0.2, 0) is 10.0 Å². The van der Waals surface area contributed by atoms with Crippen molar-refractivity contribution in [2.45, 2.75) is 19.3 Å². The fraction of sp³-hybridized carbons (Fsp3) is 0.455. The first kappa shape index (κ1) is 13.0. The highest BCUT2D eigenvalue weighted by Crippen LogP contribution is 2.09. The number of sulfonamides is 1. The van der Waals surface area contributed by atoms with Gasteiger partial charge in [0, 0.05) is 5.69 Å². The molecule has 4 nitrogen and oxygen atoms in total. The standard InChI is InChI=1S/C11H18N2O2S/c12-9-5-2-6-10-16(14,15)13-11-7-3-1-4-8-11/h1,3-4,7-8,13H,2,5-6,9-10,12H2. The summed E-state index contributed by atoms with van der Waals surface area (Å²) in [5.41, 5.74) is 5.95. The lowest BCUT2D eigenvalue weighted by Gasteiger charge is -2.07. The van der Waals surface area contributed by atoms with Crippen molar-refractivity contribution in [1.29, 1.82) is 0 Å². The number of unbranched alkanes of at least 4 members (excludes halogenated alkanes) is 2. The van der Waals surface area contributed by atoms with Crippen molar-refractivity contribution in [2.24, 2.45) is 5.73 Å². The lowest BCUT2D eigenvalue weighted by atomic mass is 10.2. The lowest BCUT2D eigenvalue weighted by molar-refractivity contribution is 0.595. The molecule has 0 aromatic heterocycles. The summed E-state index contributed by atoms with van der Waals surface area (Å²) < 4.78 is 25.8. The third-order valence-corrected chi connectivity index (χ3v) is 3.54. The number of anilines is 1. The Labute approximate surface area is 96.9 Å². The van der Waals surface area contributed by atoms with Gasteiger partial charge in [0.05, 0.1) is 5.75 Å². The van der Waals surface area contributed by atoms with Crippen molar-refractivity contribution in [3.05, 3.63) is 30.3 Å². The summed E-state index contributed by atoms with van der Waals surface area (Å²) in [6.45, 7) is 0.617. The smallest absolute Gasteiger partial charge is 0.232 e. The predicted octanol–water partition coefficient (Wildman–Crippen LogP) is 1.56. The molecule has 0 aliphatic rings. The number of benzene rings is 1. The fourth-order valence-electron chi connectivity index (χ4n) is 1.35. The van der Waals surface area contributed by atoms with Gasteiger partial charge in [-0.05, 0) is 31.5 Å². The molecule has 0 unspecified atom stereocenters. The van der Waals surface area contributed by atoms with Crippen LogP contribution in [0.2, 0.25) is 0 Å². The fourth-order valence-corrected chi connectivity index (χ4v) is 2.53. The average molecular weight is 242 g/mol. The highest BCUT2D eigenvalue weighted by atomic mass is 32.2. The molecular formula is C11H18N2O2S. The molecule has 1 aromatic rings. The van der Waals surface area contributed by atoms with Crippen LogP contribution in [0.3, 0.4) is 0 Å². The Morgan fingerprint density at radius 2 is 1.75 bits per heavy atom. The number of hydrogen-bond donors (Lipinski definition) is 2. The summed E-state index contributed by atoms with van der Waals surface area (Å²) in [5, 5.41) is 0. The summed E-state index contributed by atoms with van der Waals surface area (Å²) >= 11 is 0. The van der Waals surface area contributed by atoms with Crippen molar-refractivity contribution in [2.75, 3.05) is 17.0 Å². The topological polar surface area (TPSA) is 72.2 Å². The van der Waals surface area contributed by atoms with Crippen molar-refractivity contribution in [3.63, 3.8) is 0 Å². The molecule has 0 spiro atoms. The maximum Gasteiger partial charge on any atom is 0.232 e. The van der Waals surface area contributed by atoms with Crippen LogP contribution in [0, 0.1) is 0 Å². The van der Waals surface area contributed by atoms with Gasteiger partial charge in [0.25, 0.3) is 0 Å². The predicted molar refractivity (Wildman–Crippen MR) is 66.8 cm³/mol. The van der Waals surface area contributed by atoms with Crippen LogP contribution in [-0.4, -0.2) is 20.7 Å². The van der Waals surface area contributed by atoms with Gasteiger partial charge in [-0.25, -0.2) is 8.42 Å². The minimum Gasteiger partial charge on any atom is -0.330 e. The van der Waals surface area contributed by atoms with Crippen molar-refractivity contribution >= 4 is 15.7 Å². The molecule has 0 aliphatic carbocycles. The maximum atomic E-state index is 11.6. The van der Waals surface area contributed by atoms with Crippen LogP contribution in [0.1, 0.15) is 19.3 Å². The van der Waals surface area contributed by atoms with Gasteiger partial charge in [0.15, 0.2) is 0 Å². The third-order valence-electron chi connectivity index (χ3n) is 2.16. The highest BCUT2D eigenvalue weighted by molar-refractivity contribution is 7.92. The Hall–Kier alpha value is -1.07. The minimum absolute atomic E-state index is 0.155. The normalized spacial score (nSPS) is 11.3. The van der Waals surface area contributed by atoms with Gasteiger partial charge in [-0.2, -0.15) is 0 Å². The van der Waals surface area contributed by atoms with E-state index in [4.69, 9.17) is 5.73 Å². The molecule has 0 saturated heterocycles. The SMILES string of the molecule is NCCCCCS(=O)(=O)Nc1ccccc1. The van der Waals surface area contributed by atoms with E-state index in [0.29, 0.717) is 18.7 Å². The van der Waals surface area contributed by atoms with Gasteiger partial charge in [0.1, 0.15) is 0 Å². The zero-order valence-electron chi connectivity index (χ0n) is 9.22. The number of nitrogens with one attached hydrogen (secondary N) is 1. The van der Waals surface area contributed by atoms with Crippen molar-refractivity contribution in [3.8, 4) is 0 Å². The molecule has 0 atom stereocenters. The Kier molecular flexibility index (Phi) is 5.28. The molecule has 90 valence electrons. The molecule has 16 heavy (non-hydrogen) atoms. The molecule has 5 heteroatoms. The van der Waals surface area contributed by atoms with E-state index in [1.807, 2.05) is 6.07 Å². The molecular weight excluding hydrogens is 224 g/mol. The van der Waals surface area contributed by atoms with Crippen molar-refractivity contribution < 1.29 is 8.42 Å². The van der Waals surface area contributed by atoms with Crippen LogP contribution in [0.4, 0.5) is 5.69 Å². The van der Waals surface area contributed by atoms with Crippen LogP contribution < -0.4 is 10.5 Å². The molecule has 0 saturated carbocycles. The number of para-hydroxylation sites is 1. The zero-order chi connectivity index (χ0) is 11.9. The Bertz CT molecular complexity index is 390. The van der Waals surface area contributed by atoms with E-state index >= 15 is 0 Å². The third kappa shape index (κ3) is 5.14. The van der Waals surface area contributed by atoms with E-state index in [1.54, 1.807) is 24.3 Å². The van der Waals surface area contributed by atoms with Crippen LogP contribution in [0.5, 0.6) is 0 Å². The molecule has 0 fully saturated rings. The van der Waals surface area contributed by atoms with Gasteiger partial charge in [0.2, 0.25) is 10.0 Å². The molecule has 1 aromatic carbocycles. The van der Waals surface area contributed by atoms with Gasteiger partial charge < -0.3 is 5.73 Å². The average Bonchev–Trinajstić information content (AvgIpc) is 2.25. The van der Waals surface area contributed by atoms with E-state index in [1.165, 1.54) is 0 Å².